The Morgan fingerprint density at radius 2 is 2.07 bits per heavy atom. The van der Waals surface area contributed by atoms with Gasteiger partial charge in [-0.1, -0.05) is 22.4 Å². The predicted octanol–water partition coefficient (Wildman–Crippen LogP) is 2.66. The Kier molecular flexibility index (Phi) is 3.37. The number of pyridine rings is 1. The Hall–Kier alpha value is -0.610. The Bertz CT molecular complexity index is 297. The molecule has 0 amide bonds. The largest absolute Gasteiger partial charge is 0.303 e. The van der Waals surface area contributed by atoms with Crippen molar-refractivity contribution in [2.45, 2.75) is 19.3 Å². The van der Waals surface area contributed by atoms with Crippen LogP contribution in [0, 0.1) is 0 Å². The summed E-state index contributed by atoms with van der Waals surface area (Å²) in [6.07, 6.45) is 5.71. The summed E-state index contributed by atoms with van der Waals surface area (Å²) in [5.41, 5.74) is 3.31. The van der Waals surface area contributed by atoms with Gasteiger partial charge in [0, 0.05) is 23.8 Å². The third-order valence-corrected chi connectivity index (χ3v) is 2.84. The summed E-state index contributed by atoms with van der Waals surface area (Å²) in [4.78, 5) is 4.25. The zero-order chi connectivity index (χ0) is 9.80. The molecule has 1 saturated heterocycles. The average molecular weight is 256 g/mol. The number of aromatic nitrogens is 1. The van der Waals surface area contributed by atoms with Crippen molar-refractivity contribution < 1.29 is 0 Å². The predicted molar refractivity (Wildman–Crippen MR) is 61.0 cm³/mol. The fourth-order valence-corrected chi connectivity index (χ4v) is 1.97. The van der Waals surface area contributed by atoms with Gasteiger partial charge in [0.05, 0.1) is 0 Å². The van der Waals surface area contributed by atoms with E-state index in [9.17, 15) is 0 Å². The van der Waals surface area contributed by atoms with Gasteiger partial charge in [0.15, 0.2) is 0 Å². The van der Waals surface area contributed by atoms with Crippen LogP contribution in [0.2, 0.25) is 0 Å². The summed E-state index contributed by atoms with van der Waals surface area (Å²) < 4.78 is 1.06. The van der Waals surface area contributed by atoms with Gasteiger partial charge in [0.2, 0.25) is 0 Å². The second-order valence-corrected chi connectivity index (χ2v) is 4.43. The number of rotatable bonds is 2. The quantitative estimate of drug-likeness (QED) is 0.881. The molecule has 0 atom stereocenters. The Morgan fingerprint density at radius 1 is 1.29 bits per heavy atom. The van der Waals surface area contributed by atoms with E-state index in [0.717, 1.165) is 23.4 Å². The zero-order valence-corrected chi connectivity index (χ0v) is 9.63. The minimum Gasteiger partial charge on any atom is -0.303 e. The average Bonchev–Trinajstić information content (AvgIpc) is 2.19. The molecule has 0 unspecified atom stereocenters. The fraction of sp³-hybridized carbons (Fsp3) is 0.500. The van der Waals surface area contributed by atoms with Crippen LogP contribution in [0.25, 0.3) is 0 Å². The third kappa shape index (κ3) is 2.69. The van der Waals surface area contributed by atoms with E-state index in [4.69, 9.17) is 0 Å². The summed E-state index contributed by atoms with van der Waals surface area (Å²) in [6.45, 7) is 2.24. The molecule has 0 aliphatic carbocycles. The van der Waals surface area contributed by atoms with Crippen molar-refractivity contribution in [3.8, 4) is 0 Å². The number of piperidine rings is 1. The van der Waals surface area contributed by atoms with Crippen LogP contribution in [-0.4, -0.2) is 23.1 Å². The van der Waals surface area contributed by atoms with Gasteiger partial charge < -0.3 is 5.43 Å². The molecule has 2 heterocycles. The number of halogens is 1. The van der Waals surface area contributed by atoms with Crippen LogP contribution >= 0.6 is 15.9 Å². The first-order valence-electron chi connectivity index (χ1n) is 4.98. The van der Waals surface area contributed by atoms with Crippen LogP contribution in [0.5, 0.6) is 0 Å². The summed E-state index contributed by atoms with van der Waals surface area (Å²) in [5, 5.41) is 2.23. The van der Waals surface area contributed by atoms with Gasteiger partial charge in [-0.3, -0.25) is 0 Å². The van der Waals surface area contributed by atoms with E-state index in [1.807, 2.05) is 12.1 Å². The van der Waals surface area contributed by atoms with Gasteiger partial charge in [0.1, 0.15) is 5.82 Å². The lowest BCUT2D eigenvalue weighted by atomic mass is 10.2. The highest BCUT2D eigenvalue weighted by atomic mass is 79.9. The first-order chi connectivity index (χ1) is 6.84. The standard InChI is InChI=1S/C10H14BrN3/c11-9-4-5-12-10(8-9)13-14-6-2-1-3-7-14/h4-5,8H,1-3,6-7H2,(H,12,13). The summed E-state index contributed by atoms with van der Waals surface area (Å²) in [7, 11) is 0. The highest BCUT2D eigenvalue weighted by Crippen LogP contribution is 2.15. The van der Waals surface area contributed by atoms with Crippen LogP contribution in [0.3, 0.4) is 0 Å². The molecule has 0 saturated carbocycles. The van der Waals surface area contributed by atoms with E-state index >= 15 is 0 Å². The molecule has 0 bridgehead atoms. The van der Waals surface area contributed by atoms with E-state index in [-0.39, 0.29) is 0 Å². The topological polar surface area (TPSA) is 28.2 Å². The molecule has 4 heteroatoms. The molecular weight excluding hydrogens is 242 g/mol. The second kappa shape index (κ2) is 4.75. The van der Waals surface area contributed by atoms with Crippen molar-refractivity contribution in [2.24, 2.45) is 0 Å². The number of hydrazine groups is 1. The van der Waals surface area contributed by atoms with Crippen LogP contribution in [0.15, 0.2) is 22.8 Å². The van der Waals surface area contributed by atoms with Gasteiger partial charge in [-0.2, -0.15) is 0 Å². The van der Waals surface area contributed by atoms with Crippen LogP contribution in [0.4, 0.5) is 5.82 Å². The summed E-state index contributed by atoms with van der Waals surface area (Å²) in [5.74, 6) is 0.918. The molecule has 1 aromatic heterocycles. The zero-order valence-electron chi connectivity index (χ0n) is 8.04. The minimum atomic E-state index is 0.918. The van der Waals surface area contributed by atoms with Crippen molar-refractivity contribution in [3.63, 3.8) is 0 Å². The number of anilines is 1. The molecule has 1 fully saturated rings. The Morgan fingerprint density at radius 3 is 2.79 bits per heavy atom. The fourth-order valence-electron chi connectivity index (χ4n) is 1.63. The van der Waals surface area contributed by atoms with Gasteiger partial charge >= 0.3 is 0 Å². The van der Waals surface area contributed by atoms with Crippen molar-refractivity contribution in [1.82, 2.24) is 9.99 Å². The van der Waals surface area contributed by atoms with E-state index in [0.29, 0.717) is 0 Å². The molecular formula is C10H14BrN3. The molecule has 2 rings (SSSR count). The first kappa shape index (κ1) is 9.93. The van der Waals surface area contributed by atoms with Gasteiger partial charge in [0.25, 0.3) is 0 Å². The lowest BCUT2D eigenvalue weighted by Gasteiger charge is -2.27. The molecule has 0 spiro atoms. The monoisotopic (exact) mass is 255 g/mol. The van der Waals surface area contributed by atoms with Crippen LogP contribution in [0.1, 0.15) is 19.3 Å². The van der Waals surface area contributed by atoms with E-state index in [1.54, 1.807) is 6.20 Å². The molecule has 1 aliphatic heterocycles. The van der Waals surface area contributed by atoms with E-state index < -0.39 is 0 Å². The Labute approximate surface area is 92.6 Å². The summed E-state index contributed by atoms with van der Waals surface area (Å²) in [6, 6.07) is 3.93. The molecule has 14 heavy (non-hydrogen) atoms. The smallest absolute Gasteiger partial charge is 0.141 e. The maximum absolute atomic E-state index is 4.25. The number of hydrogen-bond donors (Lipinski definition) is 1. The van der Waals surface area contributed by atoms with Gasteiger partial charge in [-0.15, -0.1) is 0 Å². The number of hydrogen-bond acceptors (Lipinski definition) is 3. The number of nitrogens with zero attached hydrogens (tertiary/aromatic N) is 2. The normalized spacial score (nSPS) is 18.1. The maximum atomic E-state index is 4.25. The van der Waals surface area contributed by atoms with Crippen molar-refractivity contribution in [3.05, 3.63) is 22.8 Å². The molecule has 1 aromatic rings. The lowest BCUT2D eigenvalue weighted by Crippen LogP contribution is -2.35. The van der Waals surface area contributed by atoms with E-state index in [2.05, 4.69) is 31.3 Å². The van der Waals surface area contributed by atoms with Gasteiger partial charge in [-0.25, -0.2) is 9.99 Å². The molecule has 3 nitrogen and oxygen atoms in total. The SMILES string of the molecule is Brc1ccnc(NN2CCCCC2)c1. The number of nitrogens with one attached hydrogen (secondary N) is 1. The Balaban J connectivity index is 1.95. The van der Waals surface area contributed by atoms with Crippen LogP contribution in [-0.2, 0) is 0 Å². The maximum Gasteiger partial charge on any atom is 0.141 e. The molecule has 76 valence electrons. The minimum absolute atomic E-state index is 0.918. The first-order valence-corrected chi connectivity index (χ1v) is 5.77. The molecule has 0 radical (unpaired) electrons. The highest BCUT2D eigenvalue weighted by molar-refractivity contribution is 9.10. The summed E-state index contributed by atoms with van der Waals surface area (Å²) >= 11 is 3.43. The molecule has 1 aliphatic rings. The van der Waals surface area contributed by atoms with Crippen molar-refractivity contribution >= 4 is 21.7 Å². The van der Waals surface area contributed by atoms with Crippen molar-refractivity contribution in [1.29, 1.82) is 0 Å². The van der Waals surface area contributed by atoms with Crippen LogP contribution < -0.4 is 5.43 Å². The second-order valence-electron chi connectivity index (χ2n) is 3.52. The van der Waals surface area contributed by atoms with E-state index in [1.165, 1.54) is 19.3 Å². The molecule has 0 aromatic carbocycles. The molecule has 1 N–H and O–H groups in total. The third-order valence-electron chi connectivity index (χ3n) is 2.35. The lowest BCUT2D eigenvalue weighted by molar-refractivity contribution is 0.272. The highest BCUT2D eigenvalue weighted by Gasteiger charge is 2.09. The van der Waals surface area contributed by atoms with Crippen molar-refractivity contribution in [2.75, 3.05) is 18.5 Å². The van der Waals surface area contributed by atoms with Gasteiger partial charge in [-0.05, 0) is 25.0 Å².